The van der Waals surface area contributed by atoms with Crippen molar-refractivity contribution in [2.24, 2.45) is 5.92 Å². The van der Waals surface area contributed by atoms with Crippen LogP contribution in [0.4, 0.5) is 0 Å². The molecule has 2 aromatic rings. The number of oxazole rings is 1. The highest BCUT2D eigenvalue weighted by molar-refractivity contribution is 5.60. The maximum Gasteiger partial charge on any atom is 0.226 e. The van der Waals surface area contributed by atoms with Crippen molar-refractivity contribution in [3.05, 3.63) is 29.7 Å². The van der Waals surface area contributed by atoms with E-state index in [4.69, 9.17) is 18.9 Å². The summed E-state index contributed by atoms with van der Waals surface area (Å²) in [7, 11) is 3.27. The highest BCUT2D eigenvalue weighted by atomic mass is 16.5. The van der Waals surface area contributed by atoms with E-state index in [0.717, 1.165) is 35.5 Å². The predicted molar refractivity (Wildman–Crippen MR) is 95.9 cm³/mol. The van der Waals surface area contributed by atoms with E-state index in [9.17, 15) is 0 Å². The Morgan fingerprint density at radius 1 is 1.20 bits per heavy atom. The quantitative estimate of drug-likeness (QED) is 0.821. The Kier molecular flexibility index (Phi) is 4.42. The van der Waals surface area contributed by atoms with Gasteiger partial charge in [-0.15, -0.1) is 0 Å². The minimum atomic E-state index is 0.649. The van der Waals surface area contributed by atoms with Crippen molar-refractivity contribution >= 4 is 0 Å². The lowest BCUT2D eigenvalue weighted by molar-refractivity contribution is 0.233. The van der Waals surface area contributed by atoms with E-state index in [2.05, 4.69) is 4.90 Å². The molecule has 1 saturated heterocycles. The first-order valence-electron chi connectivity index (χ1n) is 9.10. The van der Waals surface area contributed by atoms with Crippen molar-refractivity contribution in [1.29, 1.82) is 0 Å². The topological polar surface area (TPSA) is 47.7 Å². The fraction of sp³-hybridized carbons (Fsp3) is 0.550. The highest BCUT2D eigenvalue weighted by Crippen LogP contribution is 2.37. The molecule has 0 unspecified atom stereocenters. The van der Waals surface area contributed by atoms with Gasteiger partial charge in [0.05, 0.1) is 19.9 Å². The van der Waals surface area contributed by atoms with Crippen LogP contribution in [0.1, 0.15) is 37.1 Å². The van der Waals surface area contributed by atoms with Crippen LogP contribution in [-0.2, 0) is 6.54 Å². The molecule has 1 aromatic heterocycles. The van der Waals surface area contributed by atoms with Crippen LogP contribution in [0.15, 0.2) is 22.6 Å². The Labute approximate surface area is 148 Å². The molecule has 1 aliphatic carbocycles. The summed E-state index contributed by atoms with van der Waals surface area (Å²) in [5.74, 6) is 3.84. The Morgan fingerprint density at radius 2 is 2.04 bits per heavy atom. The summed E-state index contributed by atoms with van der Waals surface area (Å²) < 4.78 is 16.7. The van der Waals surface area contributed by atoms with E-state index >= 15 is 0 Å². The van der Waals surface area contributed by atoms with Crippen LogP contribution in [0.3, 0.4) is 0 Å². The van der Waals surface area contributed by atoms with Crippen molar-refractivity contribution in [2.45, 2.75) is 45.2 Å². The number of hydrogen-bond acceptors (Lipinski definition) is 5. The summed E-state index contributed by atoms with van der Waals surface area (Å²) in [6, 6.07) is 6.49. The van der Waals surface area contributed by atoms with Crippen molar-refractivity contribution < 1.29 is 13.9 Å². The molecule has 25 heavy (non-hydrogen) atoms. The molecule has 2 heterocycles. The van der Waals surface area contributed by atoms with Gasteiger partial charge in [-0.25, -0.2) is 4.98 Å². The molecule has 5 nitrogen and oxygen atoms in total. The third-order valence-electron chi connectivity index (χ3n) is 5.64. The number of nitrogens with zero attached hydrogens (tertiary/aromatic N) is 2. The molecule has 0 radical (unpaired) electrons. The zero-order valence-corrected chi connectivity index (χ0v) is 15.2. The van der Waals surface area contributed by atoms with Crippen molar-refractivity contribution in [2.75, 3.05) is 20.8 Å². The minimum absolute atomic E-state index is 0.649. The predicted octanol–water partition coefficient (Wildman–Crippen LogP) is 4.04. The van der Waals surface area contributed by atoms with E-state index < -0.39 is 0 Å². The van der Waals surface area contributed by atoms with Gasteiger partial charge in [-0.2, -0.15) is 0 Å². The molecule has 134 valence electrons. The zero-order chi connectivity index (χ0) is 17.4. The first-order chi connectivity index (χ1) is 12.2. The Balaban J connectivity index is 1.56. The molecule has 4 rings (SSSR count). The summed E-state index contributed by atoms with van der Waals surface area (Å²) in [6.07, 6.45) is 5.46. The molecule has 1 aliphatic heterocycles. The monoisotopic (exact) mass is 342 g/mol. The van der Waals surface area contributed by atoms with E-state index in [1.54, 1.807) is 14.2 Å². The fourth-order valence-electron chi connectivity index (χ4n) is 4.29. The third-order valence-corrected chi connectivity index (χ3v) is 5.64. The van der Waals surface area contributed by atoms with Gasteiger partial charge in [-0.3, -0.25) is 4.90 Å². The first kappa shape index (κ1) is 16.5. The molecular formula is C20H26N2O3. The number of benzene rings is 1. The van der Waals surface area contributed by atoms with Crippen LogP contribution in [0.2, 0.25) is 0 Å². The van der Waals surface area contributed by atoms with E-state index in [-0.39, 0.29) is 0 Å². The van der Waals surface area contributed by atoms with Crippen molar-refractivity contribution in [1.82, 2.24) is 9.88 Å². The van der Waals surface area contributed by atoms with Gasteiger partial charge in [-0.1, -0.05) is 6.42 Å². The van der Waals surface area contributed by atoms with Crippen molar-refractivity contribution in [3.8, 4) is 23.0 Å². The van der Waals surface area contributed by atoms with Gasteiger partial charge in [0.2, 0.25) is 5.89 Å². The van der Waals surface area contributed by atoms with Gasteiger partial charge in [-0.05, 0) is 50.3 Å². The second kappa shape index (κ2) is 6.71. The second-order valence-corrected chi connectivity index (χ2v) is 7.21. The van der Waals surface area contributed by atoms with E-state index in [1.165, 1.54) is 32.2 Å². The van der Waals surface area contributed by atoms with Crippen molar-refractivity contribution in [3.63, 3.8) is 0 Å². The number of aryl methyl sites for hydroxylation is 1. The molecule has 5 heteroatoms. The largest absolute Gasteiger partial charge is 0.493 e. The van der Waals surface area contributed by atoms with Crippen LogP contribution in [-0.4, -0.2) is 36.7 Å². The number of likely N-dealkylation sites (tertiary alicyclic amines) is 1. The van der Waals surface area contributed by atoms with E-state index in [0.29, 0.717) is 17.4 Å². The number of rotatable bonds is 5. The Bertz CT molecular complexity index is 755. The van der Waals surface area contributed by atoms with Gasteiger partial charge < -0.3 is 13.9 Å². The minimum Gasteiger partial charge on any atom is -0.493 e. The summed E-state index contributed by atoms with van der Waals surface area (Å²) in [4.78, 5) is 7.38. The van der Waals surface area contributed by atoms with Gasteiger partial charge in [0.1, 0.15) is 5.76 Å². The smallest absolute Gasteiger partial charge is 0.226 e. The highest BCUT2D eigenvalue weighted by Gasteiger charge is 2.35. The van der Waals surface area contributed by atoms with Gasteiger partial charge in [0.15, 0.2) is 11.5 Å². The second-order valence-electron chi connectivity index (χ2n) is 7.21. The van der Waals surface area contributed by atoms with Crippen LogP contribution < -0.4 is 9.47 Å². The summed E-state index contributed by atoms with van der Waals surface area (Å²) in [5.41, 5.74) is 1.96. The molecule has 1 aromatic carbocycles. The summed E-state index contributed by atoms with van der Waals surface area (Å²) >= 11 is 0. The lowest BCUT2D eigenvalue weighted by atomic mass is 9.90. The molecule has 2 bridgehead atoms. The zero-order valence-electron chi connectivity index (χ0n) is 15.2. The molecule has 1 saturated carbocycles. The summed E-state index contributed by atoms with van der Waals surface area (Å²) in [5, 5.41) is 0. The van der Waals surface area contributed by atoms with Gasteiger partial charge >= 0.3 is 0 Å². The maximum absolute atomic E-state index is 5.96. The molecule has 0 spiro atoms. The Morgan fingerprint density at radius 3 is 2.80 bits per heavy atom. The number of methoxy groups -OCH3 is 2. The van der Waals surface area contributed by atoms with Crippen LogP contribution in [0.5, 0.6) is 11.5 Å². The number of fused-ring (bicyclic) bond motifs is 2. The summed E-state index contributed by atoms with van der Waals surface area (Å²) in [6.45, 7) is 4.11. The fourth-order valence-corrected chi connectivity index (χ4v) is 4.29. The number of ether oxygens (including phenoxy) is 2. The maximum atomic E-state index is 5.96. The average molecular weight is 342 g/mol. The molecule has 2 fully saturated rings. The normalized spacial score (nSPS) is 23.0. The molecule has 0 N–H and O–H groups in total. The Hall–Kier alpha value is -2.01. The third kappa shape index (κ3) is 3.13. The molecular weight excluding hydrogens is 316 g/mol. The van der Waals surface area contributed by atoms with Gasteiger partial charge in [0.25, 0.3) is 0 Å². The van der Waals surface area contributed by atoms with Crippen LogP contribution >= 0.6 is 0 Å². The van der Waals surface area contributed by atoms with Gasteiger partial charge in [0, 0.05) is 24.7 Å². The lowest BCUT2D eigenvalue weighted by Gasteiger charge is -2.23. The molecule has 2 aliphatic rings. The number of aromatic nitrogens is 1. The molecule has 0 amide bonds. The lowest BCUT2D eigenvalue weighted by Crippen LogP contribution is -2.28. The number of hydrogen-bond donors (Lipinski definition) is 0. The standard InChI is InChI=1S/C20H26N2O3/c1-13-17(12-22-11-14-5-4-6-16(22)9-14)21-20(25-13)15-7-8-18(23-2)19(10-15)24-3/h7-8,10,14,16H,4-6,9,11-12H2,1-3H3/t14-,16+/m1/s1. The average Bonchev–Trinajstić information content (AvgIpc) is 3.14. The first-order valence-corrected chi connectivity index (χ1v) is 9.10. The molecule has 2 atom stereocenters. The van der Waals surface area contributed by atoms with Crippen LogP contribution in [0, 0.1) is 12.8 Å². The van der Waals surface area contributed by atoms with E-state index in [1.807, 2.05) is 25.1 Å². The van der Waals surface area contributed by atoms with Crippen LogP contribution in [0.25, 0.3) is 11.5 Å². The SMILES string of the molecule is COc1ccc(-c2nc(CN3C[C@@H]4CCC[C@H]3C4)c(C)o2)cc1OC.